The molecule has 0 spiro atoms. The van der Waals surface area contributed by atoms with Crippen molar-refractivity contribution >= 4 is 11.1 Å². The van der Waals surface area contributed by atoms with Gasteiger partial charge in [0, 0.05) is 4.90 Å². The van der Waals surface area contributed by atoms with Gasteiger partial charge in [0.15, 0.2) is 0 Å². The predicted octanol–water partition coefficient (Wildman–Crippen LogP) is 2.52. The first-order valence-corrected chi connectivity index (χ1v) is 6.05. The smallest absolute Gasteiger partial charge is 0.0251 e. The van der Waals surface area contributed by atoms with Gasteiger partial charge in [0.25, 0.3) is 0 Å². The van der Waals surface area contributed by atoms with Crippen molar-refractivity contribution in [3.63, 3.8) is 0 Å². The van der Waals surface area contributed by atoms with Gasteiger partial charge in [0.2, 0.25) is 0 Å². The molecule has 2 aromatic rings. The zero-order valence-electron chi connectivity index (χ0n) is 8.63. The molecule has 2 rings (SSSR count). The lowest BCUT2D eigenvalue weighted by atomic mass is 10.1. The Balaban J connectivity index is 2.22. The van der Waals surface area contributed by atoms with Crippen LogP contribution in [0.25, 0.3) is 0 Å². The monoisotopic (exact) mass is 231 g/mol. The van der Waals surface area contributed by atoms with Crippen LogP contribution in [0.15, 0.2) is 59.5 Å². The van der Waals surface area contributed by atoms with Crippen molar-refractivity contribution in [3.05, 3.63) is 65.7 Å². The van der Waals surface area contributed by atoms with Crippen LogP contribution in [-0.4, -0.2) is 8.76 Å². The molecule has 0 aliphatic carbocycles. The molecule has 0 aliphatic rings. The number of hydrogen-bond donors (Lipinski definition) is 0. The SMILES string of the molecule is O=S([O-])c1cccc(Cc2ccccc2)c1. The Bertz CT molecular complexity index is 494. The van der Waals surface area contributed by atoms with E-state index in [1.807, 2.05) is 36.4 Å². The molecule has 0 saturated heterocycles. The molecule has 1 unspecified atom stereocenters. The Hall–Kier alpha value is -1.45. The fraction of sp³-hybridized carbons (Fsp3) is 0.0769. The van der Waals surface area contributed by atoms with Crippen molar-refractivity contribution in [3.8, 4) is 0 Å². The zero-order chi connectivity index (χ0) is 11.4. The van der Waals surface area contributed by atoms with Crippen molar-refractivity contribution in [1.29, 1.82) is 0 Å². The topological polar surface area (TPSA) is 40.1 Å². The average Bonchev–Trinajstić information content (AvgIpc) is 2.30. The van der Waals surface area contributed by atoms with Crippen molar-refractivity contribution in [2.24, 2.45) is 0 Å². The van der Waals surface area contributed by atoms with Crippen LogP contribution in [0, 0.1) is 0 Å². The molecule has 0 fully saturated rings. The molecular formula is C13H11O2S-. The Kier molecular flexibility index (Phi) is 3.49. The highest BCUT2D eigenvalue weighted by atomic mass is 32.2. The molecule has 0 aromatic heterocycles. The third kappa shape index (κ3) is 2.78. The molecule has 0 saturated carbocycles. The molecule has 0 aliphatic heterocycles. The summed E-state index contributed by atoms with van der Waals surface area (Å²) in [6.45, 7) is 0. The minimum Gasteiger partial charge on any atom is -0.768 e. The molecule has 0 radical (unpaired) electrons. The van der Waals surface area contributed by atoms with Crippen molar-refractivity contribution in [2.45, 2.75) is 11.3 Å². The predicted molar refractivity (Wildman–Crippen MR) is 62.9 cm³/mol. The van der Waals surface area contributed by atoms with Crippen LogP contribution in [0.5, 0.6) is 0 Å². The van der Waals surface area contributed by atoms with Crippen LogP contribution in [-0.2, 0) is 17.5 Å². The summed E-state index contributed by atoms with van der Waals surface area (Å²) >= 11 is -2.15. The molecule has 0 heterocycles. The van der Waals surface area contributed by atoms with Crippen LogP contribution < -0.4 is 0 Å². The van der Waals surface area contributed by atoms with Crippen molar-refractivity contribution in [1.82, 2.24) is 0 Å². The first-order chi connectivity index (χ1) is 7.75. The normalized spacial score (nSPS) is 12.3. The van der Waals surface area contributed by atoms with E-state index in [0.717, 1.165) is 12.0 Å². The van der Waals surface area contributed by atoms with Crippen LogP contribution in [0.4, 0.5) is 0 Å². The number of rotatable bonds is 3. The second-order valence-corrected chi connectivity index (χ2v) is 4.49. The lowest BCUT2D eigenvalue weighted by molar-refractivity contribution is 0.537. The van der Waals surface area contributed by atoms with Crippen LogP contribution >= 0.6 is 0 Å². The van der Waals surface area contributed by atoms with Crippen LogP contribution in [0.2, 0.25) is 0 Å². The molecule has 16 heavy (non-hydrogen) atoms. The first-order valence-electron chi connectivity index (χ1n) is 4.98. The van der Waals surface area contributed by atoms with E-state index in [2.05, 4.69) is 0 Å². The van der Waals surface area contributed by atoms with Gasteiger partial charge in [-0.1, -0.05) is 42.5 Å². The molecule has 82 valence electrons. The van der Waals surface area contributed by atoms with Gasteiger partial charge < -0.3 is 4.55 Å². The van der Waals surface area contributed by atoms with E-state index in [1.54, 1.807) is 18.2 Å². The Labute approximate surface area is 97.2 Å². The van der Waals surface area contributed by atoms with Gasteiger partial charge in [0.05, 0.1) is 0 Å². The number of benzene rings is 2. The molecule has 0 amide bonds. The Morgan fingerprint density at radius 2 is 1.62 bits per heavy atom. The highest BCUT2D eigenvalue weighted by Gasteiger charge is 1.98. The highest BCUT2D eigenvalue weighted by molar-refractivity contribution is 7.79. The molecule has 3 heteroatoms. The van der Waals surface area contributed by atoms with Crippen LogP contribution in [0.1, 0.15) is 11.1 Å². The lowest BCUT2D eigenvalue weighted by Crippen LogP contribution is -1.92. The second kappa shape index (κ2) is 5.05. The van der Waals surface area contributed by atoms with Crippen LogP contribution in [0.3, 0.4) is 0 Å². The van der Waals surface area contributed by atoms with E-state index in [1.165, 1.54) is 5.56 Å². The molecule has 2 nitrogen and oxygen atoms in total. The third-order valence-electron chi connectivity index (χ3n) is 2.34. The maximum absolute atomic E-state index is 10.8. The maximum Gasteiger partial charge on any atom is 0.0251 e. The summed E-state index contributed by atoms with van der Waals surface area (Å²) in [6, 6.07) is 17.0. The quantitative estimate of drug-likeness (QED) is 0.761. The standard InChI is InChI=1S/C13H12O2S/c14-16(15)13-8-4-7-12(10-13)9-11-5-2-1-3-6-11/h1-8,10H,9H2,(H,14,15)/p-1. The Morgan fingerprint density at radius 1 is 0.938 bits per heavy atom. The molecule has 2 aromatic carbocycles. The minimum absolute atomic E-state index is 0.341. The summed E-state index contributed by atoms with van der Waals surface area (Å²) in [6.07, 6.45) is 0.756. The van der Waals surface area contributed by atoms with Crippen molar-refractivity contribution in [2.75, 3.05) is 0 Å². The van der Waals surface area contributed by atoms with E-state index in [9.17, 15) is 8.76 Å². The molecule has 0 bridgehead atoms. The molecular weight excluding hydrogens is 220 g/mol. The lowest BCUT2D eigenvalue weighted by Gasteiger charge is -2.07. The number of hydrogen-bond acceptors (Lipinski definition) is 2. The summed E-state index contributed by atoms with van der Waals surface area (Å²) in [4.78, 5) is 0.341. The summed E-state index contributed by atoms with van der Waals surface area (Å²) < 4.78 is 21.6. The van der Waals surface area contributed by atoms with Crippen molar-refractivity contribution < 1.29 is 8.76 Å². The zero-order valence-corrected chi connectivity index (χ0v) is 9.44. The third-order valence-corrected chi connectivity index (χ3v) is 2.98. The minimum atomic E-state index is -2.15. The van der Waals surface area contributed by atoms with Gasteiger partial charge in [-0.15, -0.1) is 0 Å². The highest BCUT2D eigenvalue weighted by Crippen LogP contribution is 2.12. The van der Waals surface area contributed by atoms with E-state index in [-0.39, 0.29) is 0 Å². The fourth-order valence-electron chi connectivity index (χ4n) is 1.59. The van der Waals surface area contributed by atoms with E-state index in [4.69, 9.17) is 0 Å². The summed E-state index contributed by atoms with van der Waals surface area (Å²) in [5.41, 5.74) is 2.18. The van der Waals surface area contributed by atoms with Gasteiger partial charge in [-0.05, 0) is 40.8 Å². The summed E-state index contributed by atoms with van der Waals surface area (Å²) in [7, 11) is 0. The van der Waals surface area contributed by atoms with E-state index >= 15 is 0 Å². The van der Waals surface area contributed by atoms with E-state index in [0.29, 0.717) is 4.90 Å². The van der Waals surface area contributed by atoms with Gasteiger partial charge in [-0.2, -0.15) is 0 Å². The Morgan fingerprint density at radius 3 is 2.31 bits per heavy atom. The van der Waals surface area contributed by atoms with Gasteiger partial charge in [-0.3, -0.25) is 4.21 Å². The van der Waals surface area contributed by atoms with E-state index < -0.39 is 11.1 Å². The molecule has 0 N–H and O–H groups in total. The fourth-order valence-corrected chi connectivity index (χ4v) is 2.03. The largest absolute Gasteiger partial charge is 0.768 e. The average molecular weight is 231 g/mol. The van der Waals surface area contributed by atoms with Gasteiger partial charge in [0.1, 0.15) is 0 Å². The molecule has 1 atom stereocenters. The first kappa shape index (κ1) is 11.0. The second-order valence-electron chi connectivity index (χ2n) is 3.54. The summed E-state index contributed by atoms with van der Waals surface area (Å²) in [5, 5.41) is 0. The maximum atomic E-state index is 10.8. The van der Waals surface area contributed by atoms with Gasteiger partial charge in [-0.25, -0.2) is 0 Å². The van der Waals surface area contributed by atoms with Gasteiger partial charge >= 0.3 is 0 Å². The summed E-state index contributed by atoms with van der Waals surface area (Å²) in [5.74, 6) is 0.